The molecule has 1 aliphatic carbocycles. The molecule has 0 atom stereocenters. The third-order valence-corrected chi connectivity index (χ3v) is 6.50. The summed E-state index contributed by atoms with van der Waals surface area (Å²) in [5.41, 5.74) is 2.44. The summed E-state index contributed by atoms with van der Waals surface area (Å²) in [7, 11) is 2.05. The first-order valence-corrected chi connectivity index (χ1v) is 11.2. The van der Waals surface area contributed by atoms with Gasteiger partial charge in [0.2, 0.25) is 0 Å². The maximum atomic E-state index is 14.2. The second kappa shape index (κ2) is 7.58. The molecule has 1 amide bonds. The Balaban J connectivity index is 1.66. The van der Waals surface area contributed by atoms with Crippen LogP contribution in [0.4, 0.5) is 14.5 Å². The Morgan fingerprint density at radius 1 is 1.09 bits per heavy atom. The van der Waals surface area contributed by atoms with Crippen molar-refractivity contribution >= 4 is 39.3 Å². The number of fused-ring (bicyclic) bond motifs is 5. The van der Waals surface area contributed by atoms with Gasteiger partial charge in [-0.25, -0.2) is 13.8 Å². The van der Waals surface area contributed by atoms with Gasteiger partial charge in [0.25, 0.3) is 5.91 Å². The number of nitrogens with one attached hydrogen (secondary N) is 1. The molecule has 1 saturated carbocycles. The molecule has 2 aliphatic rings. The van der Waals surface area contributed by atoms with E-state index in [1.165, 1.54) is 0 Å². The maximum absolute atomic E-state index is 14.2. The molecule has 0 unspecified atom stereocenters. The zero-order chi connectivity index (χ0) is 22.7. The average Bonchev–Trinajstić information content (AvgIpc) is 3.59. The number of rotatable bonds is 3. The van der Waals surface area contributed by atoms with Crippen LogP contribution in [-0.2, 0) is 0 Å². The number of nitrogens with zero attached hydrogens (tertiary/aromatic N) is 6. The van der Waals surface area contributed by atoms with Crippen molar-refractivity contribution in [2.45, 2.75) is 25.3 Å². The molecular formula is C23H23F2N7O. The van der Waals surface area contributed by atoms with Gasteiger partial charge in [-0.1, -0.05) is 0 Å². The van der Waals surface area contributed by atoms with Crippen LogP contribution in [-0.4, -0.2) is 74.6 Å². The van der Waals surface area contributed by atoms with E-state index in [-0.39, 0.29) is 17.5 Å². The van der Waals surface area contributed by atoms with Crippen LogP contribution in [0, 0.1) is 11.6 Å². The van der Waals surface area contributed by atoms with Gasteiger partial charge in [0.05, 0.1) is 22.9 Å². The lowest BCUT2D eigenvalue weighted by molar-refractivity contribution is 0.0765. The molecule has 0 bridgehead atoms. The van der Waals surface area contributed by atoms with E-state index in [0.717, 1.165) is 44.5 Å². The van der Waals surface area contributed by atoms with E-state index < -0.39 is 11.6 Å². The van der Waals surface area contributed by atoms with Crippen LogP contribution in [0.2, 0.25) is 0 Å². The zero-order valence-corrected chi connectivity index (χ0v) is 18.2. The number of amides is 1. The topological polar surface area (TPSA) is 78.7 Å². The molecule has 170 valence electrons. The van der Waals surface area contributed by atoms with Crippen LogP contribution in [0.15, 0.2) is 24.4 Å². The molecule has 1 aliphatic heterocycles. The number of aromatic nitrogens is 4. The quantitative estimate of drug-likeness (QED) is 0.516. The number of hydrogen-bond acceptors (Lipinski definition) is 6. The lowest BCUT2D eigenvalue weighted by Crippen LogP contribution is -2.35. The van der Waals surface area contributed by atoms with E-state index in [2.05, 4.69) is 25.4 Å². The molecule has 8 nitrogen and oxygen atoms in total. The summed E-state index contributed by atoms with van der Waals surface area (Å²) >= 11 is 0. The van der Waals surface area contributed by atoms with Crippen molar-refractivity contribution in [1.82, 2.24) is 29.4 Å². The van der Waals surface area contributed by atoms with E-state index in [1.54, 1.807) is 16.7 Å². The molecule has 1 aromatic carbocycles. The predicted molar refractivity (Wildman–Crippen MR) is 120 cm³/mol. The van der Waals surface area contributed by atoms with Gasteiger partial charge in [0, 0.05) is 43.2 Å². The Morgan fingerprint density at radius 2 is 1.91 bits per heavy atom. The fourth-order valence-electron chi connectivity index (χ4n) is 4.58. The van der Waals surface area contributed by atoms with Crippen molar-refractivity contribution in [2.75, 3.05) is 38.5 Å². The number of likely N-dealkylation sites (N-methyl/N-ethyl adjacent to an activating group) is 1. The van der Waals surface area contributed by atoms with Crippen LogP contribution in [0.5, 0.6) is 0 Å². The van der Waals surface area contributed by atoms with Gasteiger partial charge in [-0.3, -0.25) is 9.20 Å². The lowest BCUT2D eigenvalue weighted by Gasteiger charge is -2.23. The van der Waals surface area contributed by atoms with Crippen LogP contribution in [0.25, 0.3) is 27.7 Å². The Hall–Kier alpha value is -3.40. The molecule has 4 heterocycles. The van der Waals surface area contributed by atoms with E-state index in [1.807, 2.05) is 11.9 Å². The number of halogens is 2. The highest BCUT2D eigenvalue weighted by Crippen LogP contribution is 2.37. The van der Waals surface area contributed by atoms with Gasteiger partial charge in [-0.15, -0.1) is 5.10 Å². The van der Waals surface area contributed by atoms with E-state index >= 15 is 0 Å². The standard InChI is InChI=1S/C23H23F2N7O/c1-30-7-2-8-31(10-9-30)23(33)19-20(27-13-3-4-13)14-5-6-26-29-21(14)32-18-12-16(25)15(24)11-17(18)28-22(19)32/h5-6,11-13,27H,2-4,7-10H2,1H3. The normalized spacial score (nSPS) is 17.7. The summed E-state index contributed by atoms with van der Waals surface area (Å²) in [6.07, 6.45) is 4.47. The summed E-state index contributed by atoms with van der Waals surface area (Å²) in [4.78, 5) is 22.6. The number of benzene rings is 1. The van der Waals surface area contributed by atoms with Gasteiger partial charge in [-0.2, -0.15) is 5.10 Å². The van der Waals surface area contributed by atoms with Crippen LogP contribution >= 0.6 is 0 Å². The number of carbonyl (C=O) groups is 1. The smallest absolute Gasteiger partial charge is 0.259 e. The molecule has 10 heteroatoms. The highest BCUT2D eigenvalue weighted by molar-refractivity contribution is 6.13. The Labute approximate surface area is 188 Å². The molecule has 0 radical (unpaired) electrons. The van der Waals surface area contributed by atoms with Crippen LogP contribution < -0.4 is 5.32 Å². The Bertz CT molecular complexity index is 1410. The fourth-order valence-corrected chi connectivity index (χ4v) is 4.58. The molecule has 4 aromatic rings. The summed E-state index contributed by atoms with van der Waals surface area (Å²) in [6, 6.07) is 4.22. The largest absolute Gasteiger partial charge is 0.381 e. The van der Waals surface area contributed by atoms with Crippen molar-refractivity contribution in [2.24, 2.45) is 0 Å². The minimum absolute atomic E-state index is 0.145. The molecule has 6 rings (SSSR count). The Kier molecular flexibility index (Phi) is 4.65. The average molecular weight is 451 g/mol. The summed E-state index contributed by atoms with van der Waals surface area (Å²) in [5, 5.41) is 12.5. The molecule has 0 spiro atoms. The SMILES string of the molecule is CN1CCCN(C(=O)c2c(NC3CC3)c3ccnnc3n3c2nc2cc(F)c(F)cc23)CC1. The predicted octanol–water partition coefficient (Wildman–Crippen LogP) is 3.06. The first-order valence-electron chi connectivity index (χ1n) is 11.2. The van der Waals surface area contributed by atoms with Gasteiger partial charge >= 0.3 is 0 Å². The second-order valence-electron chi connectivity index (χ2n) is 8.91. The van der Waals surface area contributed by atoms with E-state index in [9.17, 15) is 13.6 Å². The van der Waals surface area contributed by atoms with Gasteiger partial charge in [-0.05, 0) is 38.9 Å². The molecule has 33 heavy (non-hydrogen) atoms. The van der Waals surface area contributed by atoms with E-state index in [0.29, 0.717) is 46.5 Å². The molecule has 1 N–H and O–H groups in total. The third-order valence-electron chi connectivity index (χ3n) is 6.50. The third kappa shape index (κ3) is 3.36. The monoisotopic (exact) mass is 451 g/mol. The second-order valence-corrected chi connectivity index (χ2v) is 8.91. The molecule has 1 saturated heterocycles. The van der Waals surface area contributed by atoms with Crippen LogP contribution in [0.1, 0.15) is 29.6 Å². The molecule has 3 aromatic heterocycles. The fraction of sp³-hybridized carbons (Fsp3) is 0.391. The highest BCUT2D eigenvalue weighted by atomic mass is 19.2. The summed E-state index contributed by atoms with van der Waals surface area (Å²) < 4.78 is 29.9. The van der Waals surface area contributed by atoms with Crippen molar-refractivity contribution in [3.05, 3.63) is 41.6 Å². The Morgan fingerprint density at radius 3 is 2.73 bits per heavy atom. The summed E-state index contributed by atoms with van der Waals surface area (Å²) in [6.45, 7) is 2.93. The first-order chi connectivity index (χ1) is 16.0. The molecule has 2 fully saturated rings. The van der Waals surface area contributed by atoms with Crippen molar-refractivity contribution < 1.29 is 13.6 Å². The maximum Gasteiger partial charge on any atom is 0.259 e. The van der Waals surface area contributed by atoms with Crippen LogP contribution in [0.3, 0.4) is 0 Å². The highest BCUT2D eigenvalue weighted by Gasteiger charge is 2.31. The first kappa shape index (κ1) is 20.2. The minimum atomic E-state index is -0.985. The van der Waals surface area contributed by atoms with Crippen molar-refractivity contribution in [3.8, 4) is 0 Å². The zero-order valence-electron chi connectivity index (χ0n) is 18.2. The number of hydrogen-bond donors (Lipinski definition) is 1. The number of carbonyl (C=O) groups excluding carboxylic acids is 1. The van der Waals surface area contributed by atoms with E-state index in [4.69, 9.17) is 0 Å². The van der Waals surface area contributed by atoms with Gasteiger partial charge in [0.1, 0.15) is 5.56 Å². The number of imidazole rings is 1. The van der Waals surface area contributed by atoms with Crippen molar-refractivity contribution in [1.29, 1.82) is 0 Å². The lowest BCUT2D eigenvalue weighted by atomic mass is 10.1. The van der Waals surface area contributed by atoms with Gasteiger partial charge in [0.15, 0.2) is 22.9 Å². The summed E-state index contributed by atoms with van der Waals surface area (Å²) in [5.74, 6) is -2.11. The minimum Gasteiger partial charge on any atom is -0.381 e. The van der Waals surface area contributed by atoms with Crippen molar-refractivity contribution in [3.63, 3.8) is 0 Å². The van der Waals surface area contributed by atoms with Gasteiger partial charge < -0.3 is 15.1 Å². The number of anilines is 1. The molecular weight excluding hydrogens is 428 g/mol. The number of pyridine rings is 1.